The monoisotopic (exact) mass is 294 g/mol. The molecule has 2 amide bonds. The molecule has 0 aromatic carbocycles. The molecule has 1 aliphatic rings. The van der Waals surface area contributed by atoms with Crippen LogP contribution in [0.1, 0.15) is 40.0 Å². The molecule has 3 unspecified atom stereocenters. The second-order valence-electron chi connectivity index (χ2n) is 5.38. The highest BCUT2D eigenvalue weighted by Gasteiger charge is 2.38. The first-order valence-corrected chi connectivity index (χ1v) is 6.82. The Labute approximate surface area is 116 Å². The molecule has 0 spiro atoms. The second-order valence-corrected chi connectivity index (χ2v) is 5.38. The SMILES string of the molecule is CCC(C)C1NC(=O)CC(C)N(CCC(F)(F)F)C1=O. The molecule has 0 radical (unpaired) electrons. The molecule has 1 saturated heterocycles. The van der Waals surface area contributed by atoms with E-state index < -0.39 is 37.1 Å². The highest BCUT2D eigenvalue weighted by atomic mass is 19.4. The fraction of sp³-hybridized carbons (Fsp3) is 0.846. The third kappa shape index (κ3) is 4.38. The third-order valence-electron chi connectivity index (χ3n) is 3.73. The van der Waals surface area contributed by atoms with Gasteiger partial charge in [-0.15, -0.1) is 0 Å². The third-order valence-corrected chi connectivity index (χ3v) is 3.73. The van der Waals surface area contributed by atoms with Crippen LogP contribution in [-0.2, 0) is 9.59 Å². The molecular weight excluding hydrogens is 273 g/mol. The van der Waals surface area contributed by atoms with E-state index >= 15 is 0 Å². The average molecular weight is 294 g/mol. The minimum absolute atomic E-state index is 0.0382. The van der Waals surface area contributed by atoms with Gasteiger partial charge in [-0.25, -0.2) is 0 Å². The number of rotatable bonds is 4. The van der Waals surface area contributed by atoms with Crippen molar-refractivity contribution >= 4 is 11.8 Å². The van der Waals surface area contributed by atoms with Crippen molar-refractivity contribution in [1.29, 1.82) is 0 Å². The first-order chi connectivity index (χ1) is 9.15. The highest BCUT2D eigenvalue weighted by Crippen LogP contribution is 2.23. The van der Waals surface area contributed by atoms with Gasteiger partial charge < -0.3 is 10.2 Å². The number of amides is 2. The van der Waals surface area contributed by atoms with Crippen LogP contribution in [0.5, 0.6) is 0 Å². The van der Waals surface area contributed by atoms with E-state index in [9.17, 15) is 22.8 Å². The Morgan fingerprint density at radius 2 is 2.00 bits per heavy atom. The van der Waals surface area contributed by atoms with Crippen LogP contribution >= 0.6 is 0 Å². The molecule has 1 fully saturated rings. The molecule has 116 valence electrons. The lowest BCUT2D eigenvalue weighted by Gasteiger charge is -2.30. The predicted molar refractivity (Wildman–Crippen MR) is 67.8 cm³/mol. The first kappa shape index (κ1) is 16.8. The lowest BCUT2D eigenvalue weighted by Crippen LogP contribution is -2.50. The molecule has 1 rings (SSSR count). The Balaban J connectivity index is 2.88. The fourth-order valence-corrected chi connectivity index (χ4v) is 2.27. The number of nitrogens with zero attached hydrogens (tertiary/aromatic N) is 1. The lowest BCUT2D eigenvalue weighted by molar-refractivity contribution is -0.148. The van der Waals surface area contributed by atoms with Crippen LogP contribution in [0.15, 0.2) is 0 Å². The Hall–Kier alpha value is -1.27. The highest BCUT2D eigenvalue weighted by molar-refractivity contribution is 5.90. The zero-order valence-corrected chi connectivity index (χ0v) is 12.0. The van der Waals surface area contributed by atoms with Crippen molar-refractivity contribution in [3.63, 3.8) is 0 Å². The molecule has 4 nitrogen and oxygen atoms in total. The summed E-state index contributed by atoms with van der Waals surface area (Å²) < 4.78 is 37.0. The topological polar surface area (TPSA) is 49.4 Å². The van der Waals surface area contributed by atoms with Crippen molar-refractivity contribution in [2.75, 3.05) is 6.54 Å². The van der Waals surface area contributed by atoms with Crippen molar-refractivity contribution in [2.24, 2.45) is 5.92 Å². The van der Waals surface area contributed by atoms with Crippen molar-refractivity contribution in [1.82, 2.24) is 10.2 Å². The molecule has 0 saturated carbocycles. The molecule has 0 aromatic heterocycles. The van der Waals surface area contributed by atoms with Crippen LogP contribution in [0, 0.1) is 5.92 Å². The van der Waals surface area contributed by atoms with Gasteiger partial charge in [-0.3, -0.25) is 9.59 Å². The van der Waals surface area contributed by atoms with Crippen LogP contribution < -0.4 is 5.32 Å². The molecule has 3 atom stereocenters. The minimum atomic E-state index is -4.31. The van der Waals surface area contributed by atoms with Gasteiger partial charge >= 0.3 is 6.18 Å². The van der Waals surface area contributed by atoms with E-state index in [1.807, 2.05) is 6.92 Å². The Kier molecular flexibility index (Phi) is 5.42. The zero-order chi connectivity index (χ0) is 15.5. The molecule has 0 aromatic rings. The number of hydrogen-bond acceptors (Lipinski definition) is 2. The van der Waals surface area contributed by atoms with Gasteiger partial charge in [0.2, 0.25) is 11.8 Å². The van der Waals surface area contributed by atoms with E-state index in [1.165, 1.54) is 4.90 Å². The summed E-state index contributed by atoms with van der Waals surface area (Å²) in [6, 6.07) is -1.25. The summed E-state index contributed by atoms with van der Waals surface area (Å²) in [5.74, 6) is -0.808. The van der Waals surface area contributed by atoms with E-state index in [1.54, 1.807) is 13.8 Å². The quantitative estimate of drug-likeness (QED) is 0.863. The molecule has 20 heavy (non-hydrogen) atoms. The summed E-state index contributed by atoms with van der Waals surface area (Å²) in [4.78, 5) is 25.2. The molecular formula is C13H21F3N2O2. The summed E-state index contributed by atoms with van der Waals surface area (Å²) in [6.07, 6.45) is -4.66. The average Bonchev–Trinajstić information content (AvgIpc) is 2.42. The van der Waals surface area contributed by atoms with E-state index in [-0.39, 0.29) is 18.2 Å². The largest absolute Gasteiger partial charge is 0.390 e. The number of halogens is 3. The van der Waals surface area contributed by atoms with Crippen molar-refractivity contribution in [3.8, 4) is 0 Å². The molecule has 1 heterocycles. The molecule has 7 heteroatoms. The Morgan fingerprint density at radius 3 is 2.50 bits per heavy atom. The molecule has 1 aliphatic heterocycles. The summed E-state index contributed by atoms with van der Waals surface area (Å²) in [6.45, 7) is 4.89. The van der Waals surface area contributed by atoms with Crippen molar-refractivity contribution < 1.29 is 22.8 Å². The van der Waals surface area contributed by atoms with Crippen LogP contribution in [0.2, 0.25) is 0 Å². The van der Waals surface area contributed by atoms with Gasteiger partial charge in [-0.05, 0) is 12.8 Å². The molecule has 0 bridgehead atoms. The van der Waals surface area contributed by atoms with Gasteiger partial charge in [-0.2, -0.15) is 13.2 Å². The van der Waals surface area contributed by atoms with Gasteiger partial charge in [0.05, 0.1) is 6.42 Å². The normalized spacial score (nSPS) is 26.2. The van der Waals surface area contributed by atoms with Crippen molar-refractivity contribution in [2.45, 2.75) is 58.3 Å². The van der Waals surface area contributed by atoms with Crippen molar-refractivity contribution in [3.05, 3.63) is 0 Å². The number of carbonyl (C=O) groups is 2. The maximum absolute atomic E-state index is 12.4. The van der Waals surface area contributed by atoms with E-state index in [4.69, 9.17) is 0 Å². The Morgan fingerprint density at radius 1 is 1.40 bits per heavy atom. The molecule has 0 aliphatic carbocycles. The number of alkyl halides is 3. The first-order valence-electron chi connectivity index (χ1n) is 6.82. The number of carbonyl (C=O) groups excluding carboxylic acids is 2. The van der Waals surface area contributed by atoms with Crippen LogP contribution in [-0.4, -0.2) is 41.5 Å². The Bertz CT molecular complexity index is 371. The summed E-state index contributed by atoms with van der Waals surface area (Å²) in [5.41, 5.74) is 0. The van der Waals surface area contributed by atoms with Crippen LogP contribution in [0.3, 0.4) is 0 Å². The summed E-state index contributed by atoms with van der Waals surface area (Å²) in [7, 11) is 0. The van der Waals surface area contributed by atoms with Crippen LogP contribution in [0.4, 0.5) is 13.2 Å². The fourth-order valence-electron chi connectivity index (χ4n) is 2.27. The van der Waals surface area contributed by atoms with Gasteiger partial charge in [0, 0.05) is 19.0 Å². The maximum atomic E-state index is 12.4. The standard InChI is InChI=1S/C13H21F3N2O2/c1-4-8(2)11-12(20)18(6-5-13(14,15)16)9(3)7-10(19)17-11/h8-9,11H,4-7H2,1-3H3,(H,17,19). The van der Waals surface area contributed by atoms with Gasteiger partial charge in [-0.1, -0.05) is 20.3 Å². The van der Waals surface area contributed by atoms with E-state index in [0.29, 0.717) is 6.42 Å². The predicted octanol–water partition coefficient (Wildman–Crippen LogP) is 2.09. The van der Waals surface area contributed by atoms with Crippen LogP contribution in [0.25, 0.3) is 0 Å². The van der Waals surface area contributed by atoms with Gasteiger partial charge in [0.25, 0.3) is 0 Å². The van der Waals surface area contributed by atoms with E-state index in [2.05, 4.69) is 5.32 Å². The van der Waals surface area contributed by atoms with E-state index in [0.717, 1.165) is 0 Å². The number of hydrogen-bond donors (Lipinski definition) is 1. The molecule has 1 N–H and O–H groups in total. The van der Waals surface area contributed by atoms with Gasteiger partial charge in [0.1, 0.15) is 6.04 Å². The maximum Gasteiger partial charge on any atom is 0.390 e. The smallest absolute Gasteiger partial charge is 0.344 e. The zero-order valence-electron chi connectivity index (χ0n) is 12.0. The summed E-state index contributed by atoms with van der Waals surface area (Å²) >= 11 is 0. The lowest BCUT2D eigenvalue weighted by atomic mass is 9.98. The number of nitrogens with one attached hydrogen (secondary N) is 1. The second kappa shape index (κ2) is 6.45. The summed E-state index contributed by atoms with van der Waals surface area (Å²) in [5, 5.41) is 2.63. The minimum Gasteiger partial charge on any atom is -0.344 e. The van der Waals surface area contributed by atoms with Gasteiger partial charge in [0.15, 0.2) is 0 Å².